The van der Waals surface area contributed by atoms with Gasteiger partial charge in [0.15, 0.2) is 0 Å². The van der Waals surface area contributed by atoms with Gasteiger partial charge in [-0.25, -0.2) is 0 Å². The monoisotopic (exact) mass is 268 g/mol. The Morgan fingerprint density at radius 1 is 1.28 bits per heavy atom. The largest absolute Gasteiger partial charge is 0.486 e. The Labute approximate surface area is 112 Å². The Hall–Kier alpha value is -1.06. The van der Waals surface area contributed by atoms with Gasteiger partial charge in [-0.3, -0.25) is 4.79 Å². The lowest BCUT2D eigenvalue weighted by atomic mass is 10.1. The lowest BCUT2D eigenvalue weighted by Gasteiger charge is -2.22. The number of aliphatic hydroxyl groups excluding tert-OH is 1. The van der Waals surface area contributed by atoms with E-state index >= 15 is 0 Å². The summed E-state index contributed by atoms with van der Waals surface area (Å²) in [6, 6.07) is 4.92. The number of carbonyl (C=O) groups excluding carboxylic acids is 1. The van der Waals surface area contributed by atoms with Gasteiger partial charge < -0.3 is 9.84 Å². The zero-order chi connectivity index (χ0) is 13.0. The highest BCUT2D eigenvalue weighted by Gasteiger charge is 2.23. The predicted molar refractivity (Wildman–Crippen MR) is 70.3 cm³/mol. The van der Waals surface area contributed by atoms with E-state index in [2.05, 4.69) is 0 Å². The molecule has 0 radical (unpaired) electrons. The lowest BCUT2D eigenvalue weighted by molar-refractivity contribution is 0.0320. The van der Waals surface area contributed by atoms with E-state index in [1.165, 1.54) is 0 Å². The van der Waals surface area contributed by atoms with Crippen molar-refractivity contribution < 1.29 is 14.6 Å². The number of halogens is 1. The van der Waals surface area contributed by atoms with Gasteiger partial charge in [0.25, 0.3) is 0 Å². The van der Waals surface area contributed by atoms with E-state index in [9.17, 15) is 9.90 Å². The molecule has 3 nitrogen and oxygen atoms in total. The molecule has 2 atom stereocenters. The van der Waals surface area contributed by atoms with E-state index in [1.807, 2.05) is 0 Å². The Morgan fingerprint density at radius 3 is 2.78 bits per heavy atom. The molecule has 0 heterocycles. The summed E-state index contributed by atoms with van der Waals surface area (Å²) in [5.74, 6) is 0.535. The molecular formula is C14H17ClO3. The van der Waals surface area contributed by atoms with Crippen LogP contribution in [0.5, 0.6) is 5.75 Å². The third-order valence-corrected chi connectivity index (χ3v) is 3.58. The molecule has 0 saturated heterocycles. The molecule has 0 spiro atoms. The minimum Gasteiger partial charge on any atom is -0.486 e. The van der Waals surface area contributed by atoms with Crippen molar-refractivity contribution in [2.45, 2.75) is 44.3 Å². The molecule has 98 valence electrons. The molecule has 0 amide bonds. The normalized spacial score (nSPS) is 24.3. The Bertz CT molecular complexity index is 420. The minimum atomic E-state index is -0.436. The van der Waals surface area contributed by atoms with E-state index in [-0.39, 0.29) is 6.10 Å². The summed E-state index contributed by atoms with van der Waals surface area (Å²) in [7, 11) is 0. The van der Waals surface area contributed by atoms with Crippen molar-refractivity contribution in [3.05, 3.63) is 28.8 Å². The van der Waals surface area contributed by atoms with Gasteiger partial charge in [0.05, 0.1) is 11.1 Å². The van der Waals surface area contributed by atoms with Crippen LogP contribution >= 0.6 is 11.6 Å². The summed E-state index contributed by atoms with van der Waals surface area (Å²) < 4.78 is 5.78. The molecular weight excluding hydrogens is 252 g/mol. The predicted octanol–water partition coefficient (Wildman–Crippen LogP) is 3.22. The molecule has 4 heteroatoms. The zero-order valence-electron chi connectivity index (χ0n) is 10.1. The second-order valence-corrected chi connectivity index (χ2v) is 5.08. The van der Waals surface area contributed by atoms with Gasteiger partial charge in [-0.1, -0.05) is 24.4 Å². The van der Waals surface area contributed by atoms with Crippen LogP contribution in [0.4, 0.5) is 0 Å². The van der Waals surface area contributed by atoms with Crippen molar-refractivity contribution in [2.24, 2.45) is 0 Å². The van der Waals surface area contributed by atoms with Crippen LogP contribution in [0.25, 0.3) is 0 Å². The Balaban J connectivity index is 2.10. The van der Waals surface area contributed by atoms with Crippen LogP contribution in [0.1, 0.15) is 42.5 Å². The molecule has 0 bridgehead atoms. The van der Waals surface area contributed by atoms with Crippen LogP contribution in [0, 0.1) is 0 Å². The number of aliphatic hydroxyl groups is 1. The SMILES string of the molecule is O=Cc1ccc(OC2CCCCCC2O)c(Cl)c1. The van der Waals surface area contributed by atoms with Crippen molar-refractivity contribution in [2.75, 3.05) is 0 Å². The molecule has 1 aromatic carbocycles. The average molecular weight is 269 g/mol. The molecule has 2 unspecified atom stereocenters. The first-order valence-electron chi connectivity index (χ1n) is 6.30. The Kier molecular flexibility index (Phi) is 4.61. The lowest BCUT2D eigenvalue weighted by Crippen LogP contribution is -2.30. The number of hydrogen-bond acceptors (Lipinski definition) is 3. The number of hydrogen-bond donors (Lipinski definition) is 1. The van der Waals surface area contributed by atoms with E-state index in [0.717, 1.165) is 38.4 Å². The second kappa shape index (κ2) is 6.21. The Morgan fingerprint density at radius 2 is 2.06 bits per heavy atom. The molecule has 1 saturated carbocycles. The molecule has 0 aliphatic heterocycles. The maximum absolute atomic E-state index is 10.6. The third kappa shape index (κ3) is 3.24. The van der Waals surface area contributed by atoms with Gasteiger partial charge in [-0.2, -0.15) is 0 Å². The van der Waals surface area contributed by atoms with Crippen molar-refractivity contribution in [3.8, 4) is 5.75 Å². The summed E-state index contributed by atoms with van der Waals surface area (Å²) in [5.41, 5.74) is 0.522. The minimum absolute atomic E-state index is 0.202. The maximum Gasteiger partial charge on any atom is 0.150 e. The molecule has 1 N–H and O–H groups in total. The van der Waals surface area contributed by atoms with Gasteiger partial charge in [0.1, 0.15) is 18.1 Å². The highest BCUT2D eigenvalue weighted by Crippen LogP contribution is 2.29. The van der Waals surface area contributed by atoms with E-state index < -0.39 is 6.10 Å². The number of ether oxygens (including phenoxy) is 1. The molecule has 1 fully saturated rings. The van der Waals surface area contributed by atoms with Crippen LogP contribution in [-0.4, -0.2) is 23.6 Å². The third-order valence-electron chi connectivity index (χ3n) is 3.29. The van der Waals surface area contributed by atoms with Crippen LogP contribution in [0.2, 0.25) is 5.02 Å². The number of rotatable bonds is 3. The topological polar surface area (TPSA) is 46.5 Å². The molecule has 2 rings (SSSR count). The summed E-state index contributed by atoms with van der Waals surface area (Å²) >= 11 is 6.05. The quantitative estimate of drug-likeness (QED) is 0.676. The van der Waals surface area contributed by atoms with Crippen molar-refractivity contribution in [1.29, 1.82) is 0 Å². The maximum atomic E-state index is 10.6. The summed E-state index contributed by atoms with van der Waals surface area (Å²) in [6.45, 7) is 0. The first-order valence-corrected chi connectivity index (χ1v) is 6.68. The first-order chi connectivity index (χ1) is 8.70. The van der Waals surface area contributed by atoms with E-state index in [4.69, 9.17) is 16.3 Å². The highest BCUT2D eigenvalue weighted by atomic mass is 35.5. The van der Waals surface area contributed by atoms with Gasteiger partial charge in [0, 0.05) is 5.56 Å². The fourth-order valence-electron chi connectivity index (χ4n) is 2.24. The van der Waals surface area contributed by atoms with Gasteiger partial charge in [-0.05, 0) is 37.5 Å². The van der Waals surface area contributed by atoms with Crippen LogP contribution < -0.4 is 4.74 Å². The number of aldehydes is 1. The summed E-state index contributed by atoms with van der Waals surface area (Å²) in [4.78, 5) is 10.6. The summed E-state index contributed by atoms with van der Waals surface area (Å²) in [6.07, 6.45) is 4.96. The fourth-order valence-corrected chi connectivity index (χ4v) is 2.47. The zero-order valence-corrected chi connectivity index (χ0v) is 10.9. The van der Waals surface area contributed by atoms with Crippen molar-refractivity contribution >= 4 is 17.9 Å². The fraction of sp³-hybridized carbons (Fsp3) is 0.500. The molecule has 1 aliphatic rings. The van der Waals surface area contributed by atoms with Crippen LogP contribution in [-0.2, 0) is 0 Å². The highest BCUT2D eigenvalue weighted by molar-refractivity contribution is 6.32. The van der Waals surface area contributed by atoms with Crippen LogP contribution in [0.3, 0.4) is 0 Å². The molecule has 18 heavy (non-hydrogen) atoms. The summed E-state index contributed by atoms with van der Waals surface area (Å²) in [5, 5.41) is 10.4. The number of benzene rings is 1. The number of carbonyl (C=O) groups is 1. The standard InChI is InChI=1S/C14H17ClO3/c15-11-8-10(9-16)6-7-13(11)18-14-5-3-1-2-4-12(14)17/h6-9,12,14,17H,1-5H2. The second-order valence-electron chi connectivity index (χ2n) is 4.67. The molecule has 1 aromatic rings. The van der Waals surface area contributed by atoms with E-state index in [1.54, 1.807) is 18.2 Å². The first kappa shape index (κ1) is 13.4. The van der Waals surface area contributed by atoms with Crippen molar-refractivity contribution in [1.82, 2.24) is 0 Å². The van der Waals surface area contributed by atoms with Gasteiger partial charge >= 0.3 is 0 Å². The average Bonchev–Trinajstić information content (AvgIpc) is 2.57. The van der Waals surface area contributed by atoms with E-state index in [0.29, 0.717) is 16.3 Å². The molecule has 1 aliphatic carbocycles. The molecule has 0 aromatic heterocycles. The van der Waals surface area contributed by atoms with Crippen LogP contribution in [0.15, 0.2) is 18.2 Å². The van der Waals surface area contributed by atoms with Crippen molar-refractivity contribution in [3.63, 3.8) is 0 Å². The smallest absolute Gasteiger partial charge is 0.150 e. The van der Waals surface area contributed by atoms with Gasteiger partial charge in [0.2, 0.25) is 0 Å². The van der Waals surface area contributed by atoms with Gasteiger partial charge in [-0.15, -0.1) is 0 Å².